The van der Waals surface area contributed by atoms with Crippen LogP contribution in [0.15, 0.2) is 24.3 Å². The molecule has 3 rings (SSSR count). The molecule has 4 heteroatoms. The van der Waals surface area contributed by atoms with Gasteiger partial charge in [-0.25, -0.2) is 0 Å². The summed E-state index contributed by atoms with van der Waals surface area (Å²) in [7, 11) is 0. The summed E-state index contributed by atoms with van der Waals surface area (Å²) in [6.45, 7) is 0.578. The smallest absolute Gasteiger partial charge is 0.254 e. The van der Waals surface area contributed by atoms with Crippen LogP contribution in [0, 0.1) is 0 Å². The second kappa shape index (κ2) is 3.30. The van der Waals surface area contributed by atoms with Gasteiger partial charge in [-0.3, -0.25) is 4.79 Å². The Morgan fingerprint density at radius 2 is 2.00 bits per heavy atom. The fourth-order valence-corrected chi connectivity index (χ4v) is 2.70. The topological polar surface area (TPSA) is 60.8 Å². The van der Waals surface area contributed by atoms with Gasteiger partial charge in [0.15, 0.2) is 6.10 Å². The number of aliphatic hydroxyl groups is 2. The third kappa shape index (κ3) is 1.14. The Hall–Kier alpha value is -1.39. The zero-order valence-electron chi connectivity index (χ0n) is 8.71. The van der Waals surface area contributed by atoms with Crippen LogP contribution in [0.3, 0.4) is 0 Å². The number of rotatable bonds is 0. The van der Waals surface area contributed by atoms with Crippen molar-refractivity contribution >= 4 is 5.91 Å². The van der Waals surface area contributed by atoms with Gasteiger partial charge < -0.3 is 15.1 Å². The van der Waals surface area contributed by atoms with Gasteiger partial charge >= 0.3 is 0 Å². The van der Waals surface area contributed by atoms with E-state index in [-0.39, 0.29) is 11.9 Å². The van der Waals surface area contributed by atoms with E-state index >= 15 is 0 Å². The first kappa shape index (κ1) is 9.81. The largest absolute Gasteiger partial charge is 0.387 e. The van der Waals surface area contributed by atoms with Crippen LogP contribution in [0.2, 0.25) is 0 Å². The van der Waals surface area contributed by atoms with Gasteiger partial charge in [0.25, 0.3) is 5.91 Å². The van der Waals surface area contributed by atoms with Crippen molar-refractivity contribution < 1.29 is 15.0 Å². The fourth-order valence-electron chi connectivity index (χ4n) is 2.70. The van der Waals surface area contributed by atoms with E-state index in [1.165, 1.54) is 0 Å². The molecular weight excluding hydrogens is 206 g/mol. The van der Waals surface area contributed by atoms with Gasteiger partial charge in [0.05, 0.1) is 6.04 Å². The maximum Gasteiger partial charge on any atom is 0.254 e. The van der Waals surface area contributed by atoms with Crippen molar-refractivity contribution in [3.8, 4) is 0 Å². The molecule has 0 saturated carbocycles. The molecule has 2 heterocycles. The Morgan fingerprint density at radius 3 is 2.81 bits per heavy atom. The molecule has 1 aromatic carbocycles. The molecule has 3 atom stereocenters. The average Bonchev–Trinajstić information content (AvgIpc) is 2.55. The van der Waals surface area contributed by atoms with Crippen molar-refractivity contribution in [1.29, 1.82) is 0 Å². The molecule has 0 aromatic heterocycles. The Labute approximate surface area is 93.1 Å². The highest BCUT2D eigenvalue weighted by molar-refractivity contribution is 5.85. The number of nitrogens with zero attached hydrogens (tertiary/aromatic N) is 1. The van der Waals surface area contributed by atoms with Gasteiger partial charge in [-0.05, 0) is 17.5 Å². The molecule has 0 bridgehead atoms. The van der Waals surface area contributed by atoms with Crippen LogP contribution >= 0.6 is 0 Å². The molecule has 0 radical (unpaired) electrons. The monoisotopic (exact) mass is 219 g/mol. The molecule has 4 nitrogen and oxygen atoms in total. The van der Waals surface area contributed by atoms with E-state index in [9.17, 15) is 15.0 Å². The normalized spacial score (nSPS) is 32.5. The zero-order chi connectivity index (χ0) is 11.3. The quantitative estimate of drug-likeness (QED) is 0.638. The standard InChI is InChI=1S/C12H13NO3/c14-10-9-8-4-2-1-3-7(8)5-6-13(9)12(16)11(10)15/h1-4,9-11,14-15H,5-6H2/t9-,10-,11+/m0/s1. The van der Waals surface area contributed by atoms with Crippen molar-refractivity contribution in [2.45, 2.75) is 24.7 Å². The van der Waals surface area contributed by atoms with Gasteiger partial charge in [0.2, 0.25) is 0 Å². The third-order valence-corrected chi connectivity index (χ3v) is 3.51. The van der Waals surface area contributed by atoms with E-state index in [0.29, 0.717) is 6.54 Å². The van der Waals surface area contributed by atoms with Crippen LogP contribution in [0.4, 0.5) is 0 Å². The Balaban J connectivity index is 2.10. The van der Waals surface area contributed by atoms with Crippen LogP contribution in [-0.4, -0.2) is 39.8 Å². The first-order valence-corrected chi connectivity index (χ1v) is 5.44. The summed E-state index contributed by atoms with van der Waals surface area (Å²) in [6, 6.07) is 7.40. The summed E-state index contributed by atoms with van der Waals surface area (Å²) >= 11 is 0. The molecule has 1 saturated heterocycles. The number of carbonyl (C=O) groups is 1. The molecule has 0 unspecified atom stereocenters. The number of carbonyl (C=O) groups excluding carboxylic acids is 1. The van der Waals surface area contributed by atoms with Gasteiger partial charge in [0, 0.05) is 6.54 Å². The highest BCUT2D eigenvalue weighted by Crippen LogP contribution is 2.38. The summed E-state index contributed by atoms with van der Waals surface area (Å²) in [4.78, 5) is 13.3. The predicted octanol–water partition coefficient (Wildman–Crippen LogP) is -0.152. The summed E-state index contributed by atoms with van der Waals surface area (Å²) in [6.07, 6.45) is -1.48. The minimum Gasteiger partial charge on any atom is -0.387 e. The van der Waals surface area contributed by atoms with Crippen molar-refractivity contribution in [1.82, 2.24) is 4.90 Å². The Kier molecular flexibility index (Phi) is 2.02. The molecule has 84 valence electrons. The number of fused-ring (bicyclic) bond motifs is 3. The number of amides is 1. The van der Waals surface area contributed by atoms with Crippen molar-refractivity contribution in [2.24, 2.45) is 0 Å². The van der Waals surface area contributed by atoms with Crippen LogP contribution in [0.25, 0.3) is 0 Å². The minimum absolute atomic E-state index is 0.355. The third-order valence-electron chi connectivity index (χ3n) is 3.51. The maximum atomic E-state index is 11.7. The van der Waals surface area contributed by atoms with Crippen LogP contribution in [0.5, 0.6) is 0 Å². The first-order chi connectivity index (χ1) is 7.70. The lowest BCUT2D eigenvalue weighted by molar-refractivity contribution is -0.136. The summed E-state index contributed by atoms with van der Waals surface area (Å²) in [5.41, 5.74) is 2.12. The van der Waals surface area contributed by atoms with Crippen LogP contribution in [0.1, 0.15) is 17.2 Å². The number of aliphatic hydroxyl groups excluding tert-OH is 2. The maximum absolute atomic E-state index is 11.7. The van der Waals surface area contributed by atoms with E-state index in [2.05, 4.69) is 0 Å². The highest BCUT2D eigenvalue weighted by Gasteiger charge is 2.48. The summed E-state index contributed by atoms with van der Waals surface area (Å²) < 4.78 is 0. The van der Waals surface area contributed by atoms with Gasteiger partial charge in [-0.2, -0.15) is 0 Å². The lowest BCUT2D eigenvalue weighted by Gasteiger charge is -2.32. The van der Waals surface area contributed by atoms with Crippen LogP contribution < -0.4 is 0 Å². The molecule has 1 fully saturated rings. The molecule has 2 N–H and O–H groups in total. The second-order valence-corrected chi connectivity index (χ2v) is 4.36. The van der Waals surface area contributed by atoms with Crippen molar-refractivity contribution in [3.05, 3.63) is 35.4 Å². The van der Waals surface area contributed by atoms with E-state index in [1.807, 2.05) is 24.3 Å². The first-order valence-electron chi connectivity index (χ1n) is 5.44. The molecule has 2 aliphatic rings. The fraction of sp³-hybridized carbons (Fsp3) is 0.417. The second-order valence-electron chi connectivity index (χ2n) is 4.36. The number of hydrogen-bond donors (Lipinski definition) is 2. The predicted molar refractivity (Wildman–Crippen MR) is 56.6 cm³/mol. The molecule has 1 aromatic rings. The minimum atomic E-state index is -1.27. The zero-order valence-corrected chi connectivity index (χ0v) is 8.71. The van der Waals surface area contributed by atoms with Crippen molar-refractivity contribution in [2.75, 3.05) is 6.54 Å². The van der Waals surface area contributed by atoms with Gasteiger partial charge in [-0.1, -0.05) is 24.3 Å². The Bertz CT molecular complexity index is 446. The molecule has 0 spiro atoms. The van der Waals surface area contributed by atoms with E-state index in [1.54, 1.807) is 4.90 Å². The van der Waals surface area contributed by atoms with E-state index < -0.39 is 12.2 Å². The molecular formula is C12H13NO3. The molecule has 0 aliphatic carbocycles. The van der Waals surface area contributed by atoms with Crippen LogP contribution in [-0.2, 0) is 11.2 Å². The number of benzene rings is 1. The average molecular weight is 219 g/mol. The number of hydrogen-bond acceptors (Lipinski definition) is 3. The van der Waals surface area contributed by atoms with E-state index in [4.69, 9.17) is 0 Å². The van der Waals surface area contributed by atoms with E-state index in [0.717, 1.165) is 17.5 Å². The summed E-state index contributed by atoms with van der Waals surface area (Å²) in [5.74, 6) is -0.355. The molecule has 1 amide bonds. The summed E-state index contributed by atoms with van der Waals surface area (Å²) in [5, 5.41) is 19.5. The SMILES string of the molecule is O=C1[C@H](O)[C@@H](O)[C@@H]2c3ccccc3CCN12. The van der Waals surface area contributed by atoms with Gasteiger partial charge in [-0.15, -0.1) is 0 Å². The van der Waals surface area contributed by atoms with Gasteiger partial charge in [0.1, 0.15) is 6.10 Å². The highest BCUT2D eigenvalue weighted by atomic mass is 16.3. The lowest BCUT2D eigenvalue weighted by atomic mass is 9.91. The molecule has 16 heavy (non-hydrogen) atoms. The Morgan fingerprint density at radius 1 is 1.25 bits per heavy atom. The lowest BCUT2D eigenvalue weighted by Crippen LogP contribution is -2.36. The molecule has 2 aliphatic heterocycles. The van der Waals surface area contributed by atoms with Crippen molar-refractivity contribution in [3.63, 3.8) is 0 Å².